The van der Waals surface area contributed by atoms with Crippen LogP contribution in [0.4, 0.5) is 11.4 Å². The van der Waals surface area contributed by atoms with Gasteiger partial charge in [0.1, 0.15) is 0 Å². The van der Waals surface area contributed by atoms with E-state index in [0.29, 0.717) is 31.9 Å². The van der Waals surface area contributed by atoms with Crippen molar-refractivity contribution < 1.29 is 14.5 Å². The number of hydrogen-bond acceptors (Lipinski definition) is 3. The molecule has 0 heterocycles. The first-order chi connectivity index (χ1) is 12.8. The van der Waals surface area contributed by atoms with E-state index in [2.05, 4.69) is 10.6 Å². The SMILES string of the molecule is C[C@H](C(=O)Nc1cccc(C#N)c1)[NH+](C)CC(=O)Nc1c(Cl)cccc1Cl. The number of nitriles is 1. The highest BCUT2D eigenvalue weighted by atomic mass is 35.5. The molecule has 0 aliphatic carbocycles. The minimum Gasteiger partial charge on any atom is -0.321 e. The van der Waals surface area contributed by atoms with Gasteiger partial charge in [0.2, 0.25) is 0 Å². The molecule has 0 aliphatic rings. The first-order valence-corrected chi connectivity index (χ1v) is 8.94. The molecule has 8 heteroatoms. The summed E-state index contributed by atoms with van der Waals surface area (Å²) in [5.41, 5.74) is 1.34. The summed E-state index contributed by atoms with van der Waals surface area (Å²) in [6, 6.07) is 13.1. The van der Waals surface area contributed by atoms with Gasteiger partial charge in [-0.05, 0) is 37.3 Å². The van der Waals surface area contributed by atoms with E-state index in [9.17, 15) is 9.59 Å². The first-order valence-electron chi connectivity index (χ1n) is 8.19. The second-order valence-electron chi connectivity index (χ2n) is 6.07. The third kappa shape index (κ3) is 5.69. The summed E-state index contributed by atoms with van der Waals surface area (Å²) in [5.74, 6) is -0.570. The van der Waals surface area contributed by atoms with Gasteiger partial charge in [-0.25, -0.2) is 0 Å². The van der Waals surface area contributed by atoms with E-state index < -0.39 is 6.04 Å². The summed E-state index contributed by atoms with van der Waals surface area (Å²) < 4.78 is 0. The third-order valence-corrected chi connectivity index (χ3v) is 4.69. The first kappa shape index (κ1) is 20.7. The van der Waals surface area contributed by atoms with Crippen LogP contribution in [0.25, 0.3) is 0 Å². The molecule has 0 radical (unpaired) electrons. The Morgan fingerprint density at radius 3 is 2.41 bits per heavy atom. The monoisotopic (exact) mass is 405 g/mol. The topological polar surface area (TPSA) is 86.4 Å². The Morgan fingerprint density at radius 2 is 1.78 bits per heavy atom. The van der Waals surface area contributed by atoms with Crippen LogP contribution in [-0.4, -0.2) is 31.4 Å². The Hall–Kier alpha value is -2.59. The lowest BCUT2D eigenvalue weighted by molar-refractivity contribution is -0.885. The van der Waals surface area contributed by atoms with E-state index in [1.165, 1.54) is 0 Å². The summed E-state index contributed by atoms with van der Waals surface area (Å²) in [5, 5.41) is 15.0. The molecule has 2 amide bonds. The predicted octanol–water partition coefficient (Wildman–Crippen LogP) is 2.35. The fourth-order valence-electron chi connectivity index (χ4n) is 2.35. The highest BCUT2D eigenvalue weighted by Gasteiger charge is 2.24. The van der Waals surface area contributed by atoms with Crippen molar-refractivity contribution in [3.05, 3.63) is 58.1 Å². The van der Waals surface area contributed by atoms with Crippen molar-refractivity contribution in [3.63, 3.8) is 0 Å². The summed E-state index contributed by atoms with van der Waals surface area (Å²) in [4.78, 5) is 25.4. The van der Waals surface area contributed by atoms with Crippen molar-refractivity contribution in [1.82, 2.24) is 0 Å². The Balaban J connectivity index is 1.95. The van der Waals surface area contributed by atoms with Crippen molar-refractivity contribution in [1.29, 1.82) is 5.26 Å². The molecule has 1 unspecified atom stereocenters. The van der Waals surface area contributed by atoms with Gasteiger partial charge in [-0.1, -0.05) is 35.3 Å². The van der Waals surface area contributed by atoms with Crippen LogP contribution in [0.3, 0.4) is 0 Å². The average Bonchev–Trinajstić information content (AvgIpc) is 2.64. The molecule has 0 fully saturated rings. The van der Waals surface area contributed by atoms with Crippen LogP contribution in [0.2, 0.25) is 10.0 Å². The Labute approximate surface area is 167 Å². The van der Waals surface area contributed by atoms with Crippen LogP contribution < -0.4 is 15.5 Å². The van der Waals surface area contributed by atoms with Crippen LogP contribution in [0.5, 0.6) is 0 Å². The van der Waals surface area contributed by atoms with E-state index in [-0.39, 0.29) is 18.4 Å². The number of para-hydroxylation sites is 1. The van der Waals surface area contributed by atoms with Gasteiger partial charge in [0.05, 0.1) is 34.4 Å². The Morgan fingerprint density at radius 1 is 1.15 bits per heavy atom. The number of nitrogens with one attached hydrogen (secondary N) is 3. The lowest BCUT2D eigenvalue weighted by Gasteiger charge is -2.21. The summed E-state index contributed by atoms with van der Waals surface area (Å²) in [7, 11) is 1.74. The fraction of sp³-hybridized carbons (Fsp3) is 0.211. The molecule has 0 saturated heterocycles. The number of halogens is 2. The van der Waals surface area contributed by atoms with Crippen molar-refractivity contribution >= 4 is 46.4 Å². The van der Waals surface area contributed by atoms with Gasteiger partial charge in [-0.3, -0.25) is 9.59 Å². The van der Waals surface area contributed by atoms with Gasteiger partial charge in [0, 0.05) is 5.69 Å². The molecular formula is C19H19Cl2N4O2+. The van der Waals surface area contributed by atoms with E-state index in [4.69, 9.17) is 28.5 Å². The number of benzene rings is 2. The molecule has 3 N–H and O–H groups in total. The quantitative estimate of drug-likeness (QED) is 0.689. The van der Waals surface area contributed by atoms with Crippen LogP contribution in [0.15, 0.2) is 42.5 Å². The van der Waals surface area contributed by atoms with Gasteiger partial charge in [0.15, 0.2) is 12.6 Å². The molecule has 2 atom stereocenters. The zero-order chi connectivity index (χ0) is 20.0. The fourth-order valence-corrected chi connectivity index (χ4v) is 2.84. The average molecular weight is 406 g/mol. The Kier molecular flexibility index (Phi) is 7.19. The number of quaternary nitrogens is 1. The molecule has 2 aromatic carbocycles. The predicted molar refractivity (Wildman–Crippen MR) is 106 cm³/mol. The maximum absolute atomic E-state index is 12.4. The number of anilines is 2. The van der Waals surface area contributed by atoms with Crippen LogP contribution in [0.1, 0.15) is 12.5 Å². The highest BCUT2D eigenvalue weighted by molar-refractivity contribution is 6.39. The number of nitrogens with zero attached hydrogens (tertiary/aromatic N) is 1. The van der Waals surface area contributed by atoms with Gasteiger partial charge in [0.25, 0.3) is 11.8 Å². The van der Waals surface area contributed by atoms with Crippen molar-refractivity contribution in [2.24, 2.45) is 0 Å². The molecule has 0 saturated carbocycles. The molecule has 6 nitrogen and oxygen atoms in total. The number of carbonyl (C=O) groups is 2. The number of rotatable bonds is 6. The van der Waals surface area contributed by atoms with E-state index in [1.807, 2.05) is 6.07 Å². The van der Waals surface area contributed by atoms with E-state index >= 15 is 0 Å². The standard InChI is InChI=1S/C19H18Cl2N4O2/c1-12(19(27)23-14-6-3-5-13(9-14)10-22)25(2)11-17(26)24-18-15(20)7-4-8-16(18)21/h3-9,12H,11H2,1-2H3,(H,23,27)(H,24,26)/p+1/t12-/m1/s1. The minimum atomic E-state index is -0.497. The van der Waals surface area contributed by atoms with Gasteiger partial charge in [-0.2, -0.15) is 5.26 Å². The van der Waals surface area contributed by atoms with Gasteiger partial charge in [-0.15, -0.1) is 0 Å². The highest BCUT2D eigenvalue weighted by Crippen LogP contribution is 2.29. The molecule has 27 heavy (non-hydrogen) atoms. The molecule has 0 aliphatic heterocycles. The van der Waals surface area contributed by atoms with Gasteiger partial charge < -0.3 is 15.5 Å². The van der Waals surface area contributed by atoms with Crippen molar-refractivity contribution in [2.75, 3.05) is 24.2 Å². The van der Waals surface area contributed by atoms with Crippen LogP contribution in [-0.2, 0) is 9.59 Å². The molecule has 0 bridgehead atoms. The number of carbonyl (C=O) groups excluding carboxylic acids is 2. The number of amides is 2. The molecular weight excluding hydrogens is 387 g/mol. The van der Waals surface area contributed by atoms with Crippen LogP contribution >= 0.6 is 23.2 Å². The van der Waals surface area contributed by atoms with Gasteiger partial charge >= 0.3 is 0 Å². The summed E-state index contributed by atoms with van der Waals surface area (Å²) >= 11 is 12.1. The summed E-state index contributed by atoms with van der Waals surface area (Å²) in [6.45, 7) is 1.77. The van der Waals surface area contributed by atoms with Crippen molar-refractivity contribution in [3.8, 4) is 6.07 Å². The molecule has 140 valence electrons. The maximum atomic E-state index is 12.4. The maximum Gasteiger partial charge on any atom is 0.282 e. The van der Waals surface area contributed by atoms with E-state index in [1.54, 1.807) is 56.4 Å². The smallest absolute Gasteiger partial charge is 0.282 e. The Bertz CT molecular complexity index is 875. The molecule has 0 aromatic heterocycles. The lowest BCUT2D eigenvalue weighted by Crippen LogP contribution is -3.14. The van der Waals surface area contributed by atoms with Crippen LogP contribution in [0, 0.1) is 11.3 Å². The molecule has 2 rings (SSSR count). The molecule has 0 spiro atoms. The second-order valence-corrected chi connectivity index (χ2v) is 6.89. The summed E-state index contributed by atoms with van der Waals surface area (Å²) in [6.07, 6.45) is 0. The number of hydrogen-bond donors (Lipinski definition) is 3. The lowest BCUT2D eigenvalue weighted by atomic mass is 10.2. The molecule has 2 aromatic rings. The number of likely N-dealkylation sites (N-methyl/N-ethyl adjacent to an activating group) is 1. The zero-order valence-electron chi connectivity index (χ0n) is 14.8. The largest absolute Gasteiger partial charge is 0.321 e. The van der Waals surface area contributed by atoms with Crippen molar-refractivity contribution in [2.45, 2.75) is 13.0 Å². The zero-order valence-corrected chi connectivity index (χ0v) is 16.4. The second kappa shape index (κ2) is 9.38. The minimum absolute atomic E-state index is 0.0500. The van der Waals surface area contributed by atoms with E-state index in [0.717, 1.165) is 0 Å². The third-order valence-electron chi connectivity index (χ3n) is 4.06. The normalized spacial score (nSPS) is 12.6.